The lowest BCUT2D eigenvalue weighted by Crippen LogP contribution is -2.29. The van der Waals surface area contributed by atoms with E-state index < -0.39 is 0 Å². The summed E-state index contributed by atoms with van der Waals surface area (Å²) >= 11 is 0. The molecule has 100 valence electrons. The number of aromatic nitrogens is 2. The molecule has 1 heterocycles. The molecule has 0 aliphatic rings. The molecule has 2 N–H and O–H groups in total. The van der Waals surface area contributed by atoms with Crippen LogP contribution in [0.25, 0.3) is 0 Å². The van der Waals surface area contributed by atoms with E-state index >= 15 is 0 Å². The Balaban J connectivity index is 1.66. The molecule has 0 saturated carbocycles. The van der Waals surface area contributed by atoms with Crippen molar-refractivity contribution in [3.05, 3.63) is 48.5 Å². The Morgan fingerprint density at radius 1 is 1.32 bits per heavy atom. The molecule has 5 heteroatoms. The zero-order chi connectivity index (χ0) is 13.5. The van der Waals surface area contributed by atoms with Crippen LogP contribution in [0.3, 0.4) is 0 Å². The van der Waals surface area contributed by atoms with Crippen molar-refractivity contribution in [2.24, 2.45) is 7.05 Å². The van der Waals surface area contributed by atoms with Crippen LogP contribution in [0, 0.1) is 0 Å². The van der Waals surface area contributed by atoms with Crippen LogP contribution < -0.4 is 10.6 Å². The highest BCUT2D eigenvalue weighted by Crippen LogP contribution is 2.03. The van der Waals surface area contributed by atoms with Gasteiger partial charge < -0.3 is 15.2 Å². The normalized spacial score (nSPS) is 10.4. The number of para-hydroxylation sites is 1. The zero-order valence-corrected chi connectivity index (χ0v) is 11.0. The van der Waals surface area contributed by atoms with Gasteiger partial charge in [-0.05, 0) is 12.1 Å². The van der Waals surface area contributed by atoms with Gasteiger partial charge in [0.1, 0.15) is 5.82 Å². The fourth-order valence-corrected chi connectivity index (χ4v) is 1.77. The standard InChI is InChI=1S/C14H18N4O/c1-18-10-9-16-13(18)7-8-15-11-14(19)17-12-5-3-2-4-6-12/h2-6,9-10,15H,7-8,11H2,1H3,(H,17,19). The predicted molar refractivity (Wildman–Crippen MR) is 74.9 cm³/mol. The molecular weight excluding hydrogens is 240 g/mol. The van der Waals surface area contributed by atoms with Gasteiger partial charge in [-0.3, -0.25) is 4.79 Å². The maximum Gasteiger partial charge on any atom is 0.238 e. The summed E-state index contributed by atoms with van der Waals surface area (Å²) in [6.07, 6.45) is 4.50. The average molecular weight is 258 g/mol. The van der Waals surface area contributed by atoms with Gasteiger partial charge in [0.15, 0.2) is 0 Å². The largest absolute Gasteiger partial charge is 0.338 e. The van der Waals surface area contributed by atoms with E-state index in [-0.39, 0.29) is 5.91 Å². The zero-order valence-electron chi connectivity index (χ0n) is 11.0. The Kier molecular flexibility index (Phi) is 4.69. The number of nitrogens with one attached hydrogen (secondary N) is 2. The summed E-state index contributed by atoms with van der Waals surface area (Å²) in [5.74, 6) is 0.974. The minimum Gasteiger partial charge on any atom is -0.338 e. The van der Waals surface area contributed by atoms with Crippen molar-refractivity contribution in [2.75, 3.05) is 18.4 Å². The molecule has 0 aliphatic heterocycles. The van der Waals surface area contributed by atoms with Gasteiger partial charge in [0, 0.05) is 38.1 Å². The third-order valence-electron chi connectivity index (χ3n) is 2.79. The van der Waals surface area contributed by atoms with Crippen molar-refractivity contribution >= 4 is 11.6 Å². The van der Waals surface area contributed by atoms with Crippen molar-refractivity contribution in [3.8, 4) is 0 Å². The molecular formula is C14H18N4O. The molecule has 1 aromatic carbocycles. The SMILES string of the molecule is Cn1ccnc1CCNCC(=O)Nc1ccccc1. The molecule has 0 fully saturated rings. The number of rotatable bonds is 6. The number of carbonyl (C=O) groups excluding carboxylic acids is 1. The van der Waals surface area contributed by atoms with Crippen LogP contribution in [-0.2, 0) is 18.3 Å². The first-order valence-corrected chi connectivity index (χ1v) is 6.27. The number of nitrogens with zero attached hydrogens (tertiary/aromatic N) is 2. The molecule has 1 aromatic heterocycles. The molecule has 0 aliphatic carbocycles. The van der Waals surface area contributed by atoms with Crippen molar-refractivity contribution in [3.63, 3.8) is 0 Å². The van der Waals surface area contributed by atoms with Gasteiger partial charge in [0.2, 0.25) is 5.91 Å². The van der Waals surface area contributed by atoms with Gasteiger partial charge in [0.05, 0.1) is 6.54 Å². The molecule has 1 amide bonds. The highest BCUT2D eigenvalue weighted by Gasteiger charge is 2.02. The first-order chi connectivity index (χ1) is 9.25. The van der Waals surface area contributed by atoms with Crippen LogP contribution in [0.1, 0.15) is 5.82 Å². The van der Waals surface area contributed by atoms with E-state index in [0.717, 1.165) is 24.5 Å². The van der Waals surface area contributed by atoms with E-state index in [0.29, 0.717) is 6.54 Å². The first kappa shape index (κ1) is 13.3. The Morgan fingerprint density at radius 2 is 2.11 bits per heavy atom. The van der Waals surface area contributed by atoms with Gasteiger partial charge in [0.25, 0.3) is 0 Å². The van der Waals surface area contributed by atoms with Gasteiger partial charge >= 0.3 is 0 Å². The van der Waals surface area contributed by atoms with Crippen molar-refractivity contribution in [1.82, 2.24) is 14.9 Å². The number of amides is 1. The van der Waals surface area contributed by atoms with E-state index in [9.17, 15) is 4.79 Å². The molecule has 19 heavy (non-hydrogen) atoms. The summed E-state index contributed by atoms with van der Waals surface area (Å²) in [7, 11) is 1.96. The average Bonchev–Trinajstić information content (AvgIpc) is 2.81. The van der Waals surface area contributed by atoms with Crippen molar-refractivity contribution in [2.45, 2.75) is 6.42 Å². The molecule has 0 radical (unpaired) electrons. The predicted octanol–water partition coefficient (Wildman–Crippen LogP) is 1.19. The molecule has 5 nitrogen and oxygen atoms in total. The van der Waals surface area contributed by atoms with Crippen LogP contribution in [0.15, 0.2) is 42.7 Å². The fourth-order valence-electron chi connectivity index (χ4n) is 1.77. The van der Waals surface area contributed by atoms with Crippen molar-refractivity contribution in [1.29, 1.82) is 0 Å². The van der Waals surface area contributed by atoms with Crippen LogP contribution in [0.2, 0.25) is 0 Å². The lowest BCUT2D eigenvalue weighted by molar-refractivity contribution is -0.115. The second kappa shape index (κ2) is 6.70. The van der Waals surface area contributed by atoms with E-state index in [2.05, 4.69) is 15.6 Å². The lowest BCUT2D eigenvalue weighted by atomic mass is 10.3. The Bertz CT molecular complexity index is 521. The van der Waals surface area contributed by atoms with E-state index in [1.165, 1.54) is 0 Å². The molecule has 2 aromatic rings. The second-order valence-electron chi connectivity index (χ2n) is 4.30. The summed E-state index contributed by atoms with van der Waals surface area (Å²) in [6, 6.07) is 9.44. The van der Waals surface area contributed by atoms with Crippen LogP contribution >= 0.6 is 0 Å². The minimum atomic E-state index is -0.0361. The Labute approximate surface area is 112 Å². The van der Waals surface area contributed by atoms with Gasteiger partial charge in [-0.1, -0.05) is 18.2 Å². The quantitative estimate of drug-likeness (QED) is 0.765. The third kappa shape index (κ3) is 4.22. The number of aryl methyl sites for hydroxylation is 1. The molecule has 0 spiro atoms. The van der Waals surface area contributed by atoms with Crippen LogP contribution in [0.4, 0.5) is 5.69 Å². The summed E-state index contributed by atoms with van der Waals surface area (Å²) in [5, 5.41) is 5.93. The maximum absolute atomic E-state index is 11.6. The smallest absolute Gasteiger partial charge is 0.238 e. The Morgan fingerprint density at radius 3 is 2.79 bits per heavy atom. The first-order valence-electron chi connectivity index (χ1n) is 6.27. The molecule has 2 rings (SSSR count). The van der Waals surface area contributed by atoms with E-state index in [1.807, 2.05) is 48.1 Å². The fraction of sp³-hybridized carbons (Fsp3) is 0.286. The van der Waals surface area contributed by atoms with E-state index in [4.69, 9.17) is 0 Å². The number of carbonyl (C=O) groups is 1. The van der Waals surface area contributed by atoms with E-state index in [1.54, 1.807) is 6.20 Å². The molecule has 0 atom stereocenters. The lowest BCUT2D eigenvalue weighted by Gasteiger charge is -2.06. The van der Waals surface area contributed by atoms with Gasteiger partial charge in [-0.25, -0.2) is 4.98 Å². The topological polar surface area (TPSA) is 59.0 Å². The number of anilines is 1. The summed E-state index contributed by atoms with van der Waals surface area (Å²) in [4.78, 5) is 15.9. The Hall–Kier alpha value is -2.14. The number of imidazole rings is 1. The van der Waals surface area contributed by atoms with Gasteiger partial charge in [-0.15, -0.1) is 0 Å². The summed E-state index contributed by atoms with van der Waals surface area (Å²) < 4.78 is 1.98. The second-order valence-corrected chi connectivity index (χ2v) is 4.30. The highest BCUT2D eigenvalue weighted by atomic mass is 16.1. The van der Waals surface area contributed by atoms with Crippen LogP contribution in [-0.4, -0.2) is 28.5 Å². The number of hydrogen-bond donors (Lipinski definition) is 2. The molecule has 0 bridgehead atoms. The van der Waals surface area contributed by atoms with Crippen LogP contribution in [0.5, 0.6) is 0 Å². The maximum atomic E-state index is 11.6. The molecule has 0 saturated heterocycles. The number of hydrogen-bond acceptors (Lipinski definition) is 3. The molecule has 0 unspecified atom stereocenters. The summed E-state index contributed by atoms with van der Waals surface area (Å²) in [6.45, 7) is 1.03. The third-order valence-corrected chi connectivity index (χ3v) is 2.79. The monoisotopic (exact) mass is 258 g/mol. The number of benzene rings is 1. The summed E-state index contributed by atoms with van der Waals surface area (Å²) in [5.41, 5.74) is 0.818. The van der Waals surface area contributed by atoms with Crippen molar-refractivity contribution < 1.29 is 4.79 Å². The minimum absolute atomic E-state index is 0.0361. The highest BCUT2D eigenvalue weighted by molar-refractivity contribution is 5.92. The van der Waals surface area contributed by atoms with Gasteiger partial charge in [-0.2, -0.15) is 0 Å².